The Morgan fingerprint density at radius 2 is 2.20 bits per heavy atom. The molecule has 0 aromatic rings. The molecule has 0 aromatic heterocycles. The van der Waals surface area contributed by atoms with Crippen molar-refractivity contribution in [2.75, 3.05) is 17.5 Å². The van der Waals surface area contributed by atoms with Crippen molar-refractivity contribution in [2.24, 2.45) is 5.73 Å². The molecule has 3 N–H and O–H groups in total. The Balaban J connectivity index is 2.27. The first-order valence-corrected chi connectivity index (χ1v) is 5.37. The minimum absolute atomic E-state index is 0.440. The standard InChI is InChI=1S/C7H15IN2/c8-4-1-7(2-5-9)3-6-10-7/h10H,1-6,9H2. The van der Waals surface area contributed by atoms with Crippen molar-refractivity contribution in [1.82, 2.24) is 5.32 Å². The molecule has 0 aliphatic carbocycles. The first kappa shape index (κ1) is 8.74. The number of nitrogens with two attached hydrogens (primary N) is 1. The van der Waals surface area contributed by atoms with E-state index in [2.05, 4.69) is 27.9 Å². The summed E-state index contributed by atoms with van der Waals surface area (Å²) in [5.41, 5.74) is 5.95. The maximum atomic E-state index is 5.51. The Morgan fingerprint density at radius 1 is 1.50 bits per heavy atom. The zero-order valence-corrected chi connectivity index (χ0v) is 8.36. The summed E-state index contributed by atoms with van der Waals surface area (Å²) >= 11 is 2.43. The van der Waals surface area contributed by atoms with Gasteiger partial charge in [0.05, 0.1) is 0 Å². The molecule has 10 heavy (non-hydrogen) atoms. The summed E-state index contributed by atoms with van der Waals surface area (Å²) < 4.78 is 1.24. The molecule has 3 heteroatoms. The van der Waals surface area contributed by atoms with E-state index in [1.54, 1.807) is 0 Å². The van der Waals surface area contributed by atoms with Crippen LogP contribution in [0, 0.1) is 0 Å². The lowest BCUT2D eigenvalue weighted by Crippen LogP contribution is -2.58. The van der Waals surface area contributed by atoms with Gasteiger partial charge in [0.25, 0.3) is 0 Å². The molecular weight excluding hydrogens is 239 g/mol. The lowest BCUT2D eigenvalue weighted by molar-refractivity contribution is 0.190. The van der Waals surface area contributed by atoms with E-state index in [1.165, 1.54) is 23.8 Å². The minimum Gasteiger partial charge on any atom is -0.330 e. The Hall–Kier alpha value is 0.650. The number of halogens is 1. The van der Waals surface area contributed by atoms with E-state index in [0.29, 0.717) is 5.54 Å². The average molecular weight is 254 g/mol. The molecule has 0 bridgehead atoms. The van der Waals surface area contributed by atoms with Crippen molar-refractivity contribution in [2.45, 2.75) is 24.8 Å². The number of nitrogens with one attached hydrogen (secondary N) is 1. The van der Waals surface area contributed by atoms with Crippen LogP contribution in [0.5, 0.6) is 0 Å². The third-order valence-corrected chi connectivity index (χ3v) is 2.84. The van der Waals surface area contributed by atoms with Crippen LogP contribution in [0.1, 0.15) is 19.3 Å². The molecule has 1 aliphatic rings. The average Bonchev–Trinajstić information content (AvgIpc) is 1.84. The van der Waals surface area contributed by atoms with Gasteiger partial charge in [0.1, 0.15) is 0 Å². The molecular formula is C7H15IN2. The Bertz CT molecular complexity index is 93.8. The molecule has 0 radical (unpaired) electrons. The summed E-state index contributed by atoms with van der Waals surface area (Å²) in [6.45, 7) is 2.01. The van der Waals surface area contributed by atoms with Gasteiger partial charge in [-0.25, -0.2) is 0 Å². The zero-order valence-electron chi connectivity index (χ0n) is 6.20. The summed E-state index contributed by atoms with van der Waals surface area (Å²) in [6.07, 6.45) is 3.76. The summed E-state index contributed by atoms with van der Waals surface area (Å²) in [6, 6.07) is 0. The fraction of sp³-hybridized carbons (Fsp3) is 1.00. The molecule has 1 saturated heterocycles. The van der Waals surface area contributed by atoms with Gasteiger partial charge in [0, 0.05) is 9.97 Å². The van der Waals surface area contributed by atoms with Gasteiger partial charge in [-0.15, -0.1) is 0 Å². The highest BCUT2D eigenvalue weighted by atomic mass is 127. The van der Waals surface area contributed by atoms with Crippen molar-refractivity contribution in [1.29, 1.82) is 0 Å². The van der Waals surface area contributed by atoms with Crippen molar-refractivity contribution >= 4 is 22.6 Å². The second kappa shape index (κ2) is 3.88. The van der Waals surface area contributed by atoms with Crippen LogP contribution in [0.4, 0.5) is 0 Å². The molecule has 0 aromatic carbocycles. The predicted molar refractivity (Wildman–Crippen MR) is 52.5 cm³/mol. The topological polar surface area (TPSA) is 38.0 Å². The van der Waals surface area contributed by atoms with Gasteiger partial charge in [0.2, 0.25) is 0 Å². The van der Waals surface area contributed by atoms with Crippen molar-refractivity contribution < 1.29 is 0 Å². The molecule has 1 rings (SSSR count). The number of rotatable bonds is 4. The van der Waals surface area contributed by atoms with Crippen molar-refractivity contribution in [3.05, 3.63) is 0 Å². The molecule has 0 amide bonds. The smallest absolute Gasteiger partial charge is 0.0212 e. The van der Waals surface area contributed by atoms with Gasteiger partial charge in [-0.05, 0) is 32.4 Å². The Morgan fingerprint density at radius 3 is 2.50 bits per heavy atom. The molecule has 0 saturated carbocycles. The maximum Gasteiger partial charge on any atom is 0.0212 e. The fourth-order valence-corrected chi connectivity index (χ4v) is 2.52. The van der Waals surface area contributed by atoms with Gasteiger partial charge in [-0.1, -0.05) is 22.6 Å². The fourth-order valence-electron chi connectivity index (χ4n) is 1.49. The van der Waals surface area contributed by atoms with Crippen molar-refractivity contribution in [3.8, 4) is 0 Å². The van der Waals surface area contributed by atoms with Gasteiger partial charge >= 0.3 is 0 Å². The van der Waals surface area contributed by atoms with Crippen LogP contribution >= 0.6 is 22.6 Å². The van der Waals surface area contributed by atoms with Gasteiger partial charge in [-0.3, -0.25) is 0 Å². The van der Waals surface area contributed by atoms with Crippen LogP contribution in [0.3, 0.4) is 0 Å². The SMILES string of the molecule is NCCC1(CCI)CCN1. The van der Waals surface area contributed by atoms with Crippen LogP contribution in [-0.4, -0.2) is 23.1 Å². The predicted octanol–water partition coefficient (Wildman–Crippen LogP) is 0.892. The van der Waals surface area contributed by atoms with Crippen LogP contribution < -0.4 is 11.1 Å². The van der Waals surface area contributed by atoms with Crippen LogP contribution in [0.2, 0.25) is 0 Å². The van der Waals surface area contributed by atoms with Gasteiger partial charge in [-0.2, -0.15) is 0 Å². The van der Waals surface area contributed by atoms with E-state index in [9.17, 15) is 0 Å². The largest absolute Gasteiger partial charge is 0.330 e. The summed E-state index contributed by atoms with van der Waals surface area (Å²) in [4.78, 5) is 0. The van der Waals surface area contributed by atoms with Crippen LogP contribution in [-0.2, 0) is 0 Å². The molecule has 1 atom stereocenters. The van der Waals surface area contributed by atoms with Gasteiger partial charge < -0.3 is 11.1 Å². The lowest BCUT2D eigenvalue weighted by Gasteiger charge is -2.43. The third-order valence-electron chi connectivity index (χ3n) is 2.30. The second-order valence-corrected chi connectivity index (χ2v) is 4.01. The second-order valence-electron chi connectivity index (χ2n) is 2.93. The van der Waals surface area contributed by atoms with E-state index in [4.69, 9.17) is 5.73 Å². The molecule has 0 spiro atoms. The zero-order chi connectivity index (χ0) is 7.45. The summed E-state index contributed by atoms with van der Waals surface area (Å²) in [5.74, 6) is 0. The highest BCUT2D eigenvalue weighted by molar-refractivity contribution is 14.1. The molecule has 1 aliphatic heterocycles. The van der Waals surface area contributed by atoms with Gasteiger partial charge in [0.15, 0.2) is 0 Å². The molecule has 1 fully saturated rings. The van der Waals surface area contributed by atoms with E-state index < -0.39 is 0 Å². The van der Waals surface area contributed by atoms with E-state index >= 15 is 0 Å². The number of hydrogen-bond acceptors (Lipinski definition) is 2. The van der Waals surface area contributed by atoms with E-state index in [0.717, 1.165) is 13.0 Å². The quantitative estimate of drug-likeness (QED) is 0.577. The first-order valence-electron chi connectivity index (χ1n) is 3.84. The Kier molecular flexibility index (Phi) is 3.39. The molecule has 2 nitrogen and oxygen atoms in total. The molecule has 1 heterocycles. The maximum absolute atomic E-state index is 5.51. The highest BCUT2D eigenvalue weighted by Gasteiger charge is 2.34. The van der Waals surface area contributed by atoms with Crippen molar-refractivity contribution in [3.63, 3.8) is 0 Å². The first-order chi connectivity index (χ1) is 4.83. The van der Waals surface area contributed by atoms with E-state index in [-0.39, 0.29) is 0 Å². The normalized spacial score (nSPS) is 31.8. The number of hydrogen-bond donors (Lipinski definition) is 2. The monoisotopic (exact) mass is 254 g/mol. The van der Waals surface area contributed by atoms with E-state index in [1.807, 2.05) is 0 Å². The Labute approximate surface area is 76.1 Å². The highest BCUT2D eigenvalue weighted by Crippen LogP contribution is 2.26. The summed E-state index contributed by atoms with van der Waals surface area (Å²) in [7, 11) is 0. The minimum atomic E-state index is 0.440. The molecule has 60 valence electrons. The lowest BCUT2D eigenvalue weighted by atomic mass is 9.82. The summed E-state index contributed by atoms with van der Waals surface area (Å²) in [5, 5.41) is 3.48. The van der Waals surface area contributed by atoms with Crippen LogP contribution in [0.25, 0.3) is 0 Å². The molecule has 1 unspecified atom stereocenters. The third kappa shape index (κ3) is 1.83. The van der Waals surface area contributed by atoms with Crippen LogP contribution in [0.15, 0.2) is 0 Å². The number of alkyl halides is 1.